The zero-order valence-corrected chi connectivity index (χ0v) is 12.1. The predicted molar refractivity (Wildman–Crippen MR) is 74.1 cm³/mol. The summed E-state index contributed by atoms with van der Waals surface area (Å²) in [6.45, 7) is 5.74. The molecule has 0 bridgehead atoms. The van der Waals surface area contributed by atoms with E-state index >= 15 is 0 Å². The number of carbonyl (C=O) groups is 2. The lowest BCUT2D eigenvalue weighted by Gasteiger charge is -2.39. The van der Waals surface area contributed by atoms with Crippen LogP contribution >= 0.6 is 0 Å². The minimum Gasteiger partial charge on any atom is -0.481 e. The minimum absolute atomic E-state index is 0.116. The van der Waals surface area contributed by atoms with Crippen LogP contribution in [0.2, 0.25) is 0 Å². The Bertz CT molecular complexity index is 316. The number of unbranched alkanes of at least 4 members (excludes halogenated alkanes) is 1. The van der Waals surface area contributed by atoms with Gasteiger partial charge in [-0.1, -0.05) is 26.7 Å². The molecule has 0 saturated carbocycles. The number of amides is 2. The van der Waals surface area contributed by atoms with Crippen molar-refractivity contribution in [3.63, 3.8) is 0 Å². The zero-order valence-electron chi connectivity index (χ0n) is 12.1. The molecule has 0 aliphatic carbocycles. The fourth-order valence-electron chi connectivity index (χ4n) is 2.75. The Hall–Kier alpha value is -1.26. The number of nitrogens with zero attached hydrogens (tertiary/aromatic N) is 1. The third-order valence-electron chi connectivity index (χ3n) is 3.85. The van der Waals surface area contributed by atoms with Gasteiger partial charge in [-0.3, -0.25) is 4.79 Å². The molecule has 0 aromatic heterocycles. The molecule has 1 aliphatic heterocycles. The van der Waals surface area contributed by atoms with E-state index < -0.39 is 11.4 Å². The van der Waals surface area contributed by atoms with Crippen molar-refractivity contribution < 1.29 is 14.7 Å². The average molecular weight is 270 g/mol. The van der Waals surface area contributed by atoms with E-state index in [1.165, 1.54) is 0 Å². The van der Waals surface area contributed by atoms with Crippen molar-refractivity contribution in [3.8, 4) is 0 Å². The van der Waals surface area contributed by atoms with Crippen LogP contribution in [0.3, 0.4) is 0 Å². The number of aliphatic carboxylic acids is 1. The summed E-state index contributed by atoms with van der Waals surface area (Å²) < 4.78 is 0. The summed E-state index contributed by atoms with van der Waals surface area (Å²) in [5.41, 5.74) is -0.741. The number of carboxylic acids is 1. The molecule has 0 aromatic carbocycles. The van der Waals surface area contributed by atoms with E-state index in [2.05, 4.69) is 12.2 Å². The van der Waals surface area contributed by atoms with Crippen molar-refractivity contribution in [2.24, 2.45) is 5.41 Å². The van der Waals surface area contributed by atoms with Gasteiger partial charge >= 0.3 is 12.0 Å². The van der Waals surface area contributed by atoms with E-state index in [0.29, 0.717) is 32.5 Å². The van der Waals surface area contributed by atoms with Crippen molar-refractivity contribution in [2.75, 3.05) is 19.6 Å². The molecule has 2 N–H and O–H groups in total. The first-order chi connectivity index (χ1) is 9.05. The Balaban J connectivity index is 2.61. The lowest BCUT2D eigenvalue weighted by atomic mass is 9.76. The Labute approximate surface area is 115 Å². The molecule has 1 saturated heterocycles. The maximum Gasteiger partial charge on any atom is 0.317 e. The number of carboxylic acid groups (broad SMARTS) is 1. The number of piperidine rings is 1. The van der Waals surface area contributed by atoms with Crippen LogP contribution < -0.4 is 5.32 Å². The van der Waals surface area contributed by atoms with Crippen LogP contribution in [0.15, 0.2) is 0 Å². The van der Waals surface area contributed by atoms with Gasteiger partial charge in [-0.2, -0.15) is 0 Å². The maximum absolute atomic E-state index is 12.0. The van der Waals surface area contributed by atoms with Gasteiger partial charge in [0, 0.05) is 19.6 Å². The van der Waals surface area contributed by atoms with E-state index in [9.17, 15) is 14.7 Å². The Morgan fingerprint density at radius 1 is 1.32 bits per heavy atom. The highest BCUT2D eigenvalue weighted by molar-refractivity contribution is 5.78. The number of hydrogen-bond donors (Lipinski definition) is 2. The molecule has 19 heavy (non-hydrogen) atoms. The quantitative estimate of drug-likeness (QED) is 0.728. The zero-order chi connectivity index (χ0) is 14.3. The molecule has 1 fully saturated rings. The fourth-order valence-corrected chi connectivity index (χ4v) is 2.75. The third kappa shape index (κ3) is 4.11. The van der Waals surface area contributed by atoms with Crippen molar-refractivity contribution in [1.29, 1.82) is 0 Å². The van der Waals surface area contributed by atoms with Gasteiger partial charge in [0.2, 0.25) is 0 Å². The summed E-state index contributed by atoms with van der Waals surface area (Å²) in [6.07, 6.45) is 4.91. The summed E-state index contributed by atoms with van der Waals surface area (Å²) in [5.74, 6) is -0.764. The van der Waals surface area contributed by atoms with Crippen LogP contribution in [-0.2, 0) is 4.79 Å². The van der Waals surface area contributed by atoms with Gasteiger partial charge in [0.15, 0.2) is 0 Å². The topological polar surface area (TPSA) is 69.6 Å². The molecule has 5 nitrogen and oxygen atoms in total. The van der Waals surface area contributed by atoms with E-state index in [0.717, 1.165) is 25.7 Å². The molecule has 0 radical (unpaired) electrons. The molecule has 1 rings (SSSR count). The number of urea groups is 1. The lowest BCUT2D eigenvalue weighted by molar-refractivity contribution is -0.152. The Kier molecular flexibility index (Phi) is 6.12. The molecule has 1 unspecified atom stereocenters. The number of carbonyl (C=O) groups excluding carboxylic acids is 1. The molecule has 1 aliphatic rings. The van der Waals surface area contributed by atoms with Crippen molar-refractivity contribution in [3.05, 3.63) is 0 Å². The van der Waals surface area contributed by atoms with Crippen LogP contribution in [-0.4, -0.2) is 41.6 Å². The molecule has 0 aromatic rings. The molecular formula is C14H26N2O3. The van der Waals surface area contributed by atoms with Crippen molar-refractivity contribution in [2.45, 2.75) is 52.4 Å². The first-order valence-electron chi connectivity index (χ1n) is 7.32. The van der Waals surface area contributed by atoms with Gasteiger partial charge in [0.05, 0.1) is 5.41 Å². The van der Waals surface area contributed by atoms with Crippen LogP contribution in [0.1, 0.15) is 52.4 Å². The van der Waals surface area contributed by atoms with Gasteiger partial charge in [-0.05, 0) is 25.7 Å². The number of rotatable bonds is 6. The Morgan fingerprint density at radius 2 is 2.05 bits per heavy atom. The van der Waals surface area contributed by atoms with Crippen molar-refractivity contribution >= 4 is 12.0 Å². The lowest BCUT2D eigenvalue weighted by Crippen LogP contribution is -2.52. The maximum atomic E-state index is 12.0. The van der Waals surface area contributed by atoms with Crippen molar-refractivity contribution in [1.82, 2.24) is 10.2 Å². The highest BCUT2D eigenvalue weighted by Gasteiger charge is 2.42. The molecule has 110 valence electrons. The largest absolute Gasteiger partial charge is 0.481 e. The standard InChI is InChI=1S/C14H26N2O3/c1-3-5-9-15-13(19)16-10-6-8-14(11-16,7-4-2)12(17)18/h3-11H2,1-2H3,(H,15,19)(H,17,18). The summed E-state index contributed by atoms with van der Waals surface area (Å²) in [5, 5.41) is 12.3. The second-order valence-electron chi connectivity index (χ2n) is 5.45. The van der Waals surface area contributed by atoms with Gasteiger partial charge in [-0.15, -0.1) is 0 Å². The SMILES string of the molecule is CCCCNC(=O)N1CCCC(CCC)(C(=O)O)C1. The fraction of sp³-hybridized carbons (Fsp3) is 0.857. The monoisotopic (exact) mass is 270 g/mol. The molecule has 1 heterocycles. The van der Waals surface area contributed by atoms with E-state index in [1.807, 2.05) is 6.92 Å². The third-order valence-corrected chi connectivity index (χ3v) is 3.85. The molecule has 0 spiro atoms. The minimum atomic E-state index is -0.764. The van der Waals surface area contributed by atoms with Crippen LogP contribution in [0.5, 0.6) is 0 Å². The molecule has 2 amide bonds. The number of nitrogens with one attached hydrogen (secondary N) is 1. The van der Waals surface area contributed by atoms with Crippen LogP contribution in [0, 0.1) is 5.41 Å². The summed E-state index contributed by atoms with van der Waals surface area (Å²) in [4.78, 5) is 25.2. The normalized spacial score (nSPS) is 23.2. The average Bonchev–Trinajstić information content (AvgIpc) is 2.39. The van der Waals surface area contributed by atoms with Gasteiger partial charge in [0.25, 0.3) is 0 Å². The van der Waals surface area contributed by atoms with E-state index in [-0.39, 0.29) is 6.03 Å². The van der Waals surface area contributed by atoms with E-state index in [1.54, 1.807) is 4.90 Å². The smallest absolute Gasteiger partial charge is 0.317 e. The number of likely N-dealkylation sites (tertiary alicyclic amines) is 1. The second-order valence-corrected chi connectivity index (χ2v) is 5.45. The molecular weight excluding hydrogens is 244 g/mol. The first kappa shape index (κ1) is 15.8. The summed E-state index contributed by atoms with van der Waals surface area (Å²) in [6, 6.07) is -0.116. The van der Waals surface area contributed by atoms with Crippen LogP contribution in [0.25, 0.3) is 0 Å². The number of hydrogen-bond acceptors (Lipinski definition) is 2. The predicted octanol–water partition coefficient (Wildman–Crippen LogP) is 2.46. The highest BCUT2D eigenvalue weighted by atomic mass is 16.4. The van der Waals surface area contributed by atoms with E-state index in [4.69, 9.17) is 0 Å². The molecule has 5 heteroatoms. The summed E-state index contributed by atoms with van der Waals surface area (Å²) in [7, 11) is 0. The second kappa shape index (κ2) is 7.36. The molecule has 1 atom stereocenters. The van der Waals surface area contributed by atoms with Gasteiger partial charge in [-0.25, -0.2) is 4.79 Å². The first-order valence-corrected chi connectivity index (χ1v) is 7.32. The summed E-state index contributed by atoms with van der Waals surface area (Å²) >= 11 is 0. The highest BCUT2D eigenvalue weighted by Crippen LogP contribution is 2.35. The van der Waals surface area contributed by atoms with Crippen LogP contribution in [0.4, 0.5) is 4.79 Å². The van der Waals surface area contributed by atoms with Gasteiger partial charge < -0.3 is 15.3 Å². The Morgan fingerprint density at radius 3 is 2.63 bits per heavy atom. The van der Waals surface area contributed by atoms with Gasteiger partial charge in [0.1, 0.15) is 0 Å².